The van der Waals surface area contributed by atoms with Gasteiger partial charge in [0.2, 0.25) is 5.91 Å². The minimum Gasteiger partial charge on any atom is -0.493 e. The van der Waals surface area contributed by atoms with Gasteiger partial charge < -0.3 is 25.4 Å². The van der Waals surface area contributed by atoms with Gasteiger partial charge in [-0.2, -0.15) is 0 Å². The normalized spacial score (nSPS) is 15.9. The maximum absolute atomic E-state index is 12.7. The molecule has 2 aromatic rings. The summed E-state index contributed by atoms with van der Waals surface area (Å²) in [6, 6.07) is 15.1. The zero-order valence-electron chi connectivity index (χ0n) is 15.9. The van der Waals surface area contributed by atoms with E-state index >= 15 is 0 Å². The molecule has 1 saturated heterocycles. The summed E-state index contributed by atoms with van der Waals surface area (Å²) in [5.74, 6) is 0.370. The number of para-hydroxylation sites is 1. The van der Waals surface area contributed by atoms with Gasteiger partial charge >= 0.3 is 0 Å². The third-order valence-corrected chi connectivity index (χ3v) is 4.71. The number of ether oxygens (including phenoxy) is 2. The molecule has 28 heavy (non-hydrogen) atoms. The summed E-state index contributed by atoms with van der Waals surface area (Å²) >= 11 is 0. The Morgan fingerprint density at radius 3 is 2.68 bits per heavy atom. The summed E-state index contributed by atoms with van der Waals surface area (Å²) in [5, 5.41) is 3.01. The smallest absolute Gasteiger partial charge is 0.255 e. The van der Waals surface area contributed by atoms with Gasteiger partial charge in [-0.3, -0.25) is 9.59 Å². The lowest BCUT2D eigenvalue weighted by Crippen LogP contribution is -2.43. The van der Waals surface area contributed by atoms with Crippen molar-refractivity contribution in [2.75, 3.05) is 25.2 Å². The maximum atomic E-state index is 12.7. The van der Waals surface area contributed by atoms with Gasteiger partial charge in [0.05, 0.1) is 7.11 Å². The fourth-order valence-corrected chi connectivity index (χ4v) is 3.36. The zero-order chi connectivity index (χ0) is 19.9. The molecule has 148 valence electrons. The fourth-order valence-electron chi connectivity index (χ4n) is 3.36. The van der Waals surface area contributed by atoms with Crippen LogP contribution in [-0.4, -0.2) is 38.1 Å². The quantitative estimate of drug-likeness (QED) is 0.726. The standard InChI is InChI=1S/C21H25N3O4/c1-27-19-12-15(9-10-18(19)28-14-20(22)25)13-23-21(26)17-8-5-11-24(17)16-6-3-2-4-7-16/h2-4,6-7,9-10,12,17H,5,8,11,13-14H2,1H3,(H2,22,25)(H,23,26). The third kappa shape index (κ3) is 4.73. The molecular formula is C21H25N3O4. The number of methoxy groups -OCH3 is 1. The highest BCUT2D eigenvalue weighted by Crippen LogP contribution is 2.28. The largest absolute Gasteiger partial charge is 0.493 e. The molecule has 1 atom stereocenters. The number of hydrogen-bond donors (Lipinski definition) is 2. The first-order valence-corrected chi connectivity index (χ1v) is 9.26. The number of carbonyl (C=O) groups excluding carboxylic acids is 2. The van der Waals surface area contributed by atoms with Crippen LogP contribution in [0.4, 0.5) is 5.69 Å². The number of nitrogens with zero attached hydrogens (tertiary/aromatic N) is 1. The van der Waals surface area contributed by atoms with Crippen molar-refractivity contribution in [3.8, 4) is 11.5 Å². The molecule has 1 aliphatic heterocycles. The highest BCUT2D eigenvalue weighted by molar-refractivity contribution is 5.85. The molecule has 0 spiro atoms. The summed E-state index contributed by atoms with van der Waals surface area (Å²) < 4.78 is 10.6. The van der Waals surface area contributed by atoms with Crippen molar-refractivity contribution < 1.29 is 19.1 Å². The molecule has 7 nitrogen and oxygen atoms in total. The average Bonchev–Trinajstić information content (AvgIpc) is 3.21. The molecule has 1 unspecified atom stereocenters. The summed E-state index contributed by atoms with van der Waals surface area (Å²) in [7, 11) is 1.52. The van der Waals surface area contributed by atoms with Gasteiger partial charge in [-0.1, -0.05) is 24.3 Å². The Labute approximate surface area is 164 Å². The second-order valence-electron chi connectivity index (χ2n) is 6.64. The fraction of sp³-hybridized carbons (Fsp3) is 0.333. The molecule has 0 radical (unpaired) electrons. The lowest BCUT2D eigenvalue weighted by atomic mass is 10.1. The van der Waals surface area contributed by atoms with E-state index in [0.29, 0.717) is 18.0 Å². The first kappa shape index (κ1) is 19.5. The Hall–Kier alpha value is -3.22. The Morgan fingerprint density at radius 1 is 1.18 bits per heavy atom. The van der Waals surface area contributed by atoms with Crippen LogP contribution in [0.15, 0.2) is 48.5 Å². The second-order valence-corrected chi connectivity index (χ2v) is 6.64. The summed E-state index contributed by atoms with van der Waals surface area (Å²) in [6.07, 6.45) is 1.83. The minimum absolute atomic E-state index is 0.00868. The van der Waals surface area contributed by atoms with E-state index in [2.05, 4.69) is 10.2 Å². The molecule has 2 aromatic carbocycles. The Bertz CT molecular complexity index is 826. The van der Waals surface area contributed by atoms with Gasteiger partial charge in [-0.15, -0.1) is 0 Å². The van der Waals surface area contributed by atoms with Crippen molar-refractivity contribution in [1.29, 1.82) is 0 Å². The number of nitrogens with two attached hydrogens (primary N) is 1. The second kappa shape index (κ2) is 9.12. The molecule has 0 aliphatic carbocycles. The van der Waals surface area contributed by atoms with E-state index in [1.165, 1.54) is 7.11 Å². The van der Waals surface area contributed by atoms with Gasteiger partial charge in [0, 0.05) is 18.8 Å². The number of carbonyl (C=O) groups is 2. The monoisotopic (exact) mass is 383 g/mol. The number of nitrogens with one attached hydrogen (secondary N) is 1. The number of hydrogen-bond acceptors (Lipinski definition) is 5. The number of amides is 2. The summed E-state index contributed by atoms with van der Waals surface area (Å²) in [6.45, 7) is 1.04. The zero-order valence-corrected chi connectivity index (χ0v) is 15.9. The van der Waals surface area contributed by atoms with Crippen LogP contribution in [0.1, 0.15) is 18.4 Å². The van der Waals surface area contributed by atoms with Crippen LogP contribution in [0.25, 0.3) is 0 Å². The van der Waals surface area contributed by atoms with E-state index < -0.39 is 5.91 Å². The van der Waals surface area contributed by atoms with Crippen LogP contribution in [0.3, 0.4) is 0 Å². The van der Waals surface area contributed by atoms with Crippen molar-refractivity contribution in [3.63, 3.8) is 0 Å². The van der Waals surface area contributed by atoms with Crippen molar-refractivity contribution in [3.05, 3.63) is 54.1 Å². The van der Waals surface area contributed by atoms with Crippen molar-refractivity contribution in [2.24, 2.45) is 5.73 Å². The van der Waals surface area contributed by atoms with E-state index in [0.717, 1.165) is 30.6 Å². The van der Waals surface area contributed by atoms with Gasteiger partial charge in [-0.05, 0) is 42.7 Å². The van der Waals surface area contributed by atoms with Gasteiger partial charge in [0.1, 0.15) is 6.04 Å². The van der Waals surface area contributed by atoms with Crippen LogP contribution in [0.2, 0.25) is 0 Å². The number of rotatable bonds is 8. The molecule has 1 heterocycles. The predicted molar refractivity (Wildman–Crippen MR) is 106 cm³/mol. The molecule has 3 N–H and O–H groups in total. The van der Waals surface area contributed by atoms with E-state index in [1.54, 1.807) is 12.1 Å². The first-order chi connectivity index (χ1) is 13.6. The first-order valence-electron chi connectivity index (χ1n) is 9.26. The molecule has 0 saturated carbocycles. The molecule has 7 heteroatoms. The predicted octanol–water partition coefficient (Wildman–Crippen LogP) is 1.84. The van der Waals surface area contributed by atoms with Crippen molar-refractivity contribution in [1.82, 2.24) is 5.32 Å². The maximum Gasteiger partial charge on any atom is 0.255 e. The third-order valence-electron chi connectivity index (χ3n) is 4.71. The summed E-state index contributed by atoms with van der Waals surface area (Å²) in [4.78, 5) is 25.8. The van der Waals surface area contributed by atoms with Crippen LogP contribution < -0.4 is 25.4 Å². The lowest BCUT2D eigenvalue weighted by molar-refractivity contribution is -0.122. The SMILES string of the molecule is COc1cc(CNC(=O)C2CCCN2c2ccccc2)ccc1OCC(N)=O. The van der Waals surface area contributed by atoms with Crippen LogP contribution >= 0.6 is 0 Å². The minimum atomic E-state index is -0.557. The van der Waals surface area contributed by atoms with Gasteiger partial charge in [0.25, 0.3) is 5.91 Å². The van der Waals surface area contributed by atoms with Crippen LogP contribution in [-0.2, 0) is 16.1 Å². The Balaban J connectivity index is 1.61. The van der Waals surface area contributed by atoms with Gasteiger partial charge in [0.15, 0.2) is 18.1 Å². The molecule has 1 fully saturated rings. The van der Waals surface area contributed by atoms with Crippen molar-refractivity contribution >= 4 is 17.5 Å². The molecule has 2 amide bonds. The highest BCUT2D eigenvalue weighted by Gasteiger charge is 2.30. The molecule has 0 bridgehead atoms. The lowest BCUT2D eigenvalue weighted by Gasteiger charge is -2.26. The van der Waals surface area contributed by atoms with Gasteiger partial charge in [-0.25, -0.2) is 0 Å². The molecular weight excluding hydrogens is 358 g/mol. The van der Waals surface area contributed by atoms with Crippen LogP contribution in [0.5, 0.6) is 11.5 Å². The average molecular weight is 383 g/mol. The van der Waals surface area contributed by atoms with Crippen molar-refractivity contribution in [2.45, 2.75) is 25.4 Å². The highest BCUT2D eigenvalue weighted by atomic mass is 16.5. The number of primary amides is 1. The van der Waals surface area contributed by atoms with E-state index in [9.17, 15) is 9.59 Å². The topological polar surface area (TPSA) is 93.9 Å². The van der Waals surface area contributed by atoms with Crippen LogP contribution in [0, 0.1) is 0 Å². The van der Waals surface area contributed by atoms with E-state index in [1.807, 2.05) is 36.4 Å². The molecule has 0 aromatic heterocycles. The number of benzene rings is 2. The molecule has 3 rings (SSSR count). The Morgan fingerprint density at radius 2 is 1.96 bits per heavy atom. The molecule has 1 aliphatic rings. The number of anilines is 1. The van der Waals surface area contributed by atoms with E-state index in [4.69, 9.17) is 15.2 Å². The summed E-state index contributed by atoms with van der Waals surface area (Å²) in [5.41, 5.74) is 7.04. The van der Waals surface area contributed by atoms with E-state index in [-0.39, 0.29) is 18.6 Å². The Kier molecular flexibility index (Phi) is 6.37.